The van der Waals surface area contributed by atoms with Crippen LogP contribution in [0, 0.1) is 0 Å². The van der Waals surface area contributed by atoms with Gasteiger partial charge in [0.1, 0.15) is 12.6 Å². The standard InChI is InChI=1S/C22H25Cl4N3O4S/c1-4-19(22(31)27-5-2)28(12-14-6-8-16(24)17(25)10-14)21(30)13-29(34(3,32)33)20-9-7-15(23)11-18(20)26/h6-11,19H,4-5,12-13H2,1-3H3,(H,27,31). The van der Waals surface area contributed by atoms with Crippen molar-refractivity contribution in [1.29, 1.82) is 0 Å². The van der Waals surface area contributed by atoms with Crippen LogP contribution in [0.2, 0.25) is 20.1 Å². The first-order valence-corrected chi connectivity index (χ1v) is 13.7. The fraction of sp³-hybridized carbons (Fsp3) is 0.364. The highest BCUT2D eigenvalue weighted by atomic mass is 35.5. The fourth-order valence-electron chi connectivity index (χ4n) is 3.32. The molecule has 0 bridgehead atoms. The molecule has 0 radical (unpaired) electrons. The van der Waals surface area contributed by atoms with Gasteiger partial charge in [0, 0.05) is 18.1 Å². The summed E-state index contributed by atoms with van der Waals surface area (Å²) in [5.74, 6) is -0.950. The van der Waals surface area contributed by atoms with Gasteiger partial charge in [0.15, 0.2) is 0 Å². The Labute approximate surface area is 220 Å². The maximum atomic E-state index is 13.5. The summed E-state index contributed by atoms with van der Waals surface area (Å²) in [5.41, 5.74) is 0.725. The van der Waals surface area contributed by atoms with Crippen LogP contribution < -0.4 is 9.62 Å². The summed E-state index contributed by atoms with van der Waals surface area (Å²) in [7, 11) is -3.91. The number of likely N-dealkylation sites (N-methyl/N-ethyl adjacent to an activating group) is 1. The van der Waals surface area contributed by atoms with E-state index in [1.807, 2.05) is 0 Å². The summed E-state index contributed by atoms with van der Waals surface area (Å²) in [4.78, 5) is 27.6. The van der Waals surface area contributed by atoms with Crippen molar-refractivity contribution in [1.82, 2.24) is 10.2 Å². The highest BCUT2D eigenvalue weighted by Crippen LogP contribution is 2.31. The van der Waals surface area contributed by atoms with Gasteiger partial charge in [0.2, 0.25) is 21.8 Å². The number of hydrogen-bond acceptors (Lipinski definition) is 4. The van der Waals surface area contributed by atoms with Crippen molar-refractivity contribution in [2.24, 2.45) is 0 Å². The Balaban J connectivity index is 2.48. The Morgan fingerprint density at radius 3 is 2.18 bits per heavy atom. The Morgan fingerprint density at radius 2 is 1.65 bits per heavy atom. The molecule has 0 spiro atoms. The van der Waals surface area contributed by atoms with Crippen molar-refractivity contribution in [2.45, 2.75) is 32.9 Å². The number of nitrogens with one attached hydrogen (secondary N) is 1. The van der Waals surface area contributed by atoms with Gasteiger partial charge in [0.25, 0.3) is 0 Å². The SMILES string of the molecule is CCNC(=O)C(CC)N(Cc1ccc(Cl)c(Cl)c1)C(=O)CN(c1ccc(Cl)cc1Cl)S(C)(=O)=O. The second-order valence-electron chi connectivity index (χ2n) is 7.45. The van der Waals surface area contributed by atoms with Gasteiger partial charge in [0.05, 0.1) is 27.0 Å². The van der Waals surface area contributed by atoms with Crippen LogP contribution in [-0.4, -0.2) is 50.5 Å². The van der Waals surface area contributed by atoms with Crippen molar-refractivity contribution < 1.29 is 18.0 Å². The van der Waals surface area contributed by atoms with E-state index in [-0.39, 0.29) is 23.2 Å². The van der Waals surface area contributed by atoms with Gasteiger partial charge in [-0.25, -0.2) is 8.42 Å². The fourth-order valence-corrected chi connectivity index (χ4v) is 5.07. The van der Waals surface area contributed by atoms with E-state index in [1.54, 1.807) is 32.0 Å². The number of nitrogens with zero attached hydrogens (tertiary/aromatic N) is 2. The maximum Gasteiger partial charge on any atom is 0.244 e. The molecule has 34 heavy (non-hydrogen) atoms. The molecule has 0 aliphatic carbocycles. The Bertz CT molecular complexity index is 1160. The molecular weight excluding hydrogens is 544 g/mol. The molecule has 0 aliphatic rings. The van der Waals surface area contributed by atoms with Crippen LogP contribution in [-0.2, 0) is 26.2 Å². The molecule has 0 aromatic heterocycles. The van der Waals surface area contributed by atoms with E-state index >= 15 is 0 Å². The predicted molar refractivity (Wildman–Crippen MR) is 138 cm³/mol. The summed E-state index contributed by atoms with van der Waals surface area (Å²) in [6.07, 6.45) is 1.27. The minimum Gasteiger partial charge on any atom is -0.355 e. The van der Waals surface area contributed by atoms with E-state index in [0.29, 0.717) is 33.6 Å². The molecule has 7 nitrogen and oxygen atoms in total. The van der Waals surface area contributed by atoms with Crippen LogP contribution in [0.5, 0.6) is 0 Å². The van der Waals surface area contributed by atoms with Crippen LogP contribution >= 0.6 is 46.4 Å². The largest absolute Gasteiger partial charge is 0.355 e. The molecule has 0 aliphatic heterocycles. The Kier molecular flexibility index (Phi) is 10.3. The quantitative estimate of drug-likeness (QED) is 0.436. The van der Waals surface area contributed by atoms with E-state index in [2.05, 4.69) is 5.32 Å². The average Bonchev–Trinajstić information content (AvgIpc) is 2.74. The molecule has 2 aromatic carbocycles. The molecule has 1 atom stereocenters. The highest BCUT2D eigenvalue weighted by molar-refractivity contribution is 7.92. The Hall–Kier alpha value is -1.71. The lowest BCUT2D eigenvalue weighted by molar-refractivity contribution is -0.140. The second-order valence-corrected chi connectivity index (χ2v) is 11.0. The van der Waals surface area contributed by atoms with Crippen LogP contribution in [0.4, 0.5) is 5.69 Å². The minimum atomic E-state index is -3.91. The number of rotatable bonds is 10. The van der Waals surface area contributed by atoms with Crippen LogP contribution in [0.3, 0.4) is 0 Å². The molecule has 0 heterocycles. The zero-order valence-electron chi connectivity index (χ0n) is 18.8. The van der Waals surface area contributed by atoms with Gasteiger partial charge < -0.3 is 10.2 Å². The summed E-state index contributed by atoms with van der Waals surface area (Å²) < 4.78 is 26.1. The van der Waals surface area contributed by atoms with Gasteiger partial charge in [-0.1, -0.05) is 59.4 Å². The first kappa shape index (κ1) is 28.5. The molecule has 2 amide bonds. The van der Waals surface area contributed by atoms with Crippen molar-refractivity contribution in [2.75, 3.05) is 23.7 Å². The van der Waals surface area contributed by atoms with Crippen molar-refractivity contribution in [3.05, 3.63) is 62.1 Å². The summed E-state index contributed by atoms with van der Waals surface area (Å²) in [6.45, 7) is 3.35. The lowest BCUT2D eigenvalue weighted by Crippen LogP contribution is -2.52. The third-order valence-corrected chi connectivity index (χ3v) is 7.33. The molecule has 0 saturated carbocycles. The monoisotopic (exact) mass is 567 g/mol. The van der Waals surface area contributed by atoms with Gasteiger partial charge in [-0.05, 0) is 49.2 Å². The first-order chi connectivity index (χ1) is 15.9. The van der Waals surface area contributed by atoms with E-state index in [4.69, 9.17) is 46.4 Å². The molecule has 1 unspecified atom stereocenters. The van der Waals surface area contributed by atoms with E-state index < -0.39 is 28.5 Å². The minimum absolute atomic E-state index is 0.0112. The number of benzene rings is 2. The second kappa shape index (κ2) is 12.3. The number of hydrogen-bond donors (Lipinski definition) is 1. The summed E-state index contributed by atoms with van der Waals surface area (Å²) in [5, 5.41) is 3.75. The number of halogens is 4. The molecule has 2 aromatic rings. The predicted octanol–water partition coefficient (Wildman–Crippen LogP) is 5.01. The molecular formula is C22H25Cl4N3O4S. The van der Waals surface area contributed by atoms with Crippen LogP contribution in [0.15, 0.2) is 36.4 Å². The number of sulfonamides is 1. The van der Waals surface area contributed by atoms with Crippen LogP contribution in [0.1, 0.15) is 25.8 Å². The smallest absolute Gasteiger partial charge is 0.244 e. The Morgan fingerprint density at radius 1 is 0.971 bits per heavy atom. The molecule has 12 heteroatoms. The summed E-state index contributed by atoms with van der Waals surface area (Å²) >= 11 is 24.3. The van der Waals surface area contributed by atoms with Gasteiger partial charge in [-0.2, -0.15) is 0 Å². The van der Waals surface area contributed by atoms with Gasteiger partial charge >= 0.3 is 0 Å². The number of amides is 2. The first-order valence-electron chi connectivity index (χ1n) is 10.3. The lowest BCUT2D eigenvalue weighted by atomic mass is 10.1. The van der Waals surface area contributed by atoms with Gasteiger partial charge in [-0.3, -0.25) is 13.9 Å². The topological polar surface area (TPSA) is 86.8 Å². The zero-order chi connectivity index (χ0) is 25.6. The van der Waals surface area contributed by atoms with Crippen molar-refractivity contribution >= 4 is 73.9 Å². The lowest BCUT2D eigenvalue weighted by Gasteiger charge is -2.33. The number of carbonyl (C=O) groups is 2. The molecule has 0 fully saturated rings. The van der Waals surface area contributed by atoms with E-state index in [9.17, 15) is 18.0 Å². The normalized spacial score (nSPS) is 12.2. The zero-order valence-corrected chi connectivity index (χ0v) is 22.7. The molecule has 0 saturated heterocycles. The number of anilines is 1. The van der Waals surface area contributed by atoms with Gasteiger partial charge in [-0.15, -0.1) is 0 Å². The molecule has 186 valence electrons. The van der Waals surface area contributed by atoms with E-state index in [0.717, 1.165) is 10.6 Å². The average molecular weight is 569 g/mol. The highest BCUT2D eigenvalue weighted by Gasteiger charge is 2.32. The van der Waals surface area contributed by atoms with Crippen molar-refractivity contribution in [3.63, 3.8) is 0 Å². The molecule has 2 rings (SSSR count). The third-order valence-electron chi connectivity index (χ3n) is 4.93. The maximum absolute atomic E-state index is 13.5. The van der Waals surface area contributed by atoms with Crippen LogP contribution in [0.25, 0.3) is 0 Å². The number of carbonyl (C=O) groups excluding carboxylic acids is 2. The van der Waals surface area contributed by atoms with E-state index in [1.165, 1.54) is 23.1 Å². The van der Waals surface area contributed by atoms with Crippen molar-refractivity contribution in [3.8, 4) is 0 Å². The molecule has 1 N–H and O–H groups in total. The summed E-state index contributed by atoms with van der Waals surface area (Å²) in [6, 6.07) is 8.31. The third kappa shape index (κ3) is 7.39.